The van der Waals surface area contributed by atoms with Crippen molar-refractivity contribution in [1.82, 2.24) is 14.6 Å². The molecule has 3 heterocycles. The molecule has 1 amide bonds. The van der Waals surface area contributed by atoms with Gasteiger partial charge in [0.2, 0.25) is 0 Å². The van der Waals surface area contributed by atoms with Gasteiger partial charge in [-0.1, -0.05) is 5.16 Å². The molecule has 1 aliphatic rings. The quantitative estimate of drug-likeness (QED) is 0.854. The molecule has 1 aliphatic heterocycles. The van der Waals surface area contributed by atoms with Crippen molar-refractivity contribution < 1.29 is 14.1 Å². The van der Waals surface area contributed by atoms with Gasteiger partial charge in [0, 0.05) is 30.5 Å². The van der Waals surface area contributed by atoms with E-state index in [4.69, 9.17) is 9.26 Å². The zero-order valence-electron chi connectivity index (χ0n) is 14.3. The van der Waals surface area contributed by atoms with E-state index in [1.165, 1.54) is 0 Å². The van der Waals surface area contributed by atoms with Gasteiger partial charge in [-0.15, -0.1) is 0 Å². The molecule has 6 nitrogen and oxygen atoms in total. The molecule has 2 unspecified atom stereocenters. The summed E-state index contributed by atoms with van der Waals surface area (Å²) in [6.45, 7) is 11.0. The predicted octanol–water partition coefficient (Wildman–Crippen LogP) is 2.64. The second-order valence-corrected chi connectivity index (χ2v) is 6.38. The topological polar surface area (TPSA) is 60.5 Å². The summed E-state index contributed by atoms with van der Waals surface area (Å²) < 4.78 is 12.8. The van der Waals surface area contributed by atoms with Crippen LogP contribution in [0.4, 0.5) is 0 Å². The number of carbonyl (C=O) groups excluding carboxylic acids is 1. The molecule has 0 bridgehead atoms. The third-order valence-corrected chi connectivity index (χ3v) is 4.21. The fourth-order valence-electron chi connectivity index (χ4n) is 3.30. The zero-order valence-corrected chi connectivity index (χ0v) is 14.3. The number of aromatic nitrogens is 2. The van der Waals surface area contributed by atoms with Crippen LogP contribution in [0.1, 0.15) is 41.4 Å². The van der Waals surface area contributed by atoms with Crippen molar-refractivity contribution >= 4 is 5.91 Å². The largest absolute Gasteiger partial charge is 0.372 e. The van der Waals surface area contributed by atoms with E-state index in [1.54, 1.807) is 0 Å². The van der Waals surface area contributed by atoms with Crippen LogP contribution in [0, 0.1) is 20.8 Å². The summed E-state index contributed by atoms with van der Waals surface area (Å²) in [5.74, 6) is 1.50. The first kappa shape index (κ1) is 15.8. The summed E-state index contributed by atoms with van der Waals surface area (Å²) in [7, 11) is 0. The summed E-state index contributed by atoms with van der Waals surface area (Å²) in [6.07, 6.45) is 0.119. The van der Waals surface area contributed by atoms with Crippen molar-refractivity contribution in [2.45, 2.75) is 46.8 Å². The second kappa shape index (κ2) is 5.85. The minimum atomic E-state index is 0.0477. The van der Waals surface area contributed by atoms with Gasteiger partial charge in [-0.05, 0) is 40.7 Å². The first-order chi connectivity index (χ1) is 10.9. The van der Waals surface area contributed by atoms with Crippen molar-refractivity contribution in [3.05, 3.63) is 34.8 Å². The van der Waals surface area contributed by atoms with Crippen molar-refractivity contribution in [2.75, 3.05) is 13.1 Å². The van der Waals surface area contributed by atoms with E-state index < -0.39 is 0 Å². The number of morpholine rings is 1. The molecule has 0 aromatic carbocycles. The average molecular weight is 317 g/mol. The lowest BCUT2D eigenvalue weighted by Gasteiger charge is -2.35. The Morgan fingerprint density at radius 1 is 1.17 bits per heavy atom. The molecule has 0 aliphatic carbocycles. The highest BCUT2D eigenvalue weighted by Gasteiger charge is 2.29. The van der Waals surface area contributed by atoms with Crippen LogP contribution in [0.3, 0.4) is 0 Å². The molecule has 23 heavy (non-hydrogen) atoms. The molecular weight excluding hydrogens is 294 g/mol. The van der Waals surface area contributed by atoms with Gasteiger partial charge in [0.15, 0.2) is 5.82 Å². The molecule has 6 heteroatoms. The number of amides is 1. The maximum absolute atomic E-state index is 12.9. The Morgan fingerprint density at radius 2 is 1.83 bits per heavy atom. The number of hydrogen-bond donors (Lipinski definition) is 0. The Hall–Kier alpha value is -2.08. The van der Waals surface area contributed by atoms with E-state index in [2.05, 4.69) is 5.16 Å². The van der Waals surface area contributed by atoms with Crippen molar-refractivity contribution in [2.24, 2.45) is 0 Å². The monoisotopic (exact) mass is 317 g/mol. The molecule has 1 fully saturated rings. The van der Waals surface area contributed by atoms with Crippen LogP contribution >= 0.6 is 0 Å². The highest BCUT2D eigenvalue weighted by Crippen LogP contribution is 2.23. The molecule has 0 radical (unpaired) electrons. The predicted molar refractivity (Wildman–Crippen MR) is 86.0 cm³/mol. The van der Waals surface area contributed by atoms with Crippen molar-refractivity contribution in [1.29, 1.82) is 0 Å². The van der Waals surface area contributed by atoms with Gasteiger partial charge in [-0.25, -0.2) is 0 Å². The lowest BCUT2D eigenvalue weighted by atomic mass is 10.1. The molecule has 1 saturated heterocycles. The molecular formula is C17H23N3O3. The fraction of sp³-hybridized carbons (Fsp3) is 0.529. The van der Waals surface area contributed by atoms with Crippen LogP contribution in [0.25, 0.3) is 5.82 Å². The summed E-state index contributed by atoms with van der Waals surface area (Å²) in [4.78, 5) is 14.8. The lowest BCUT2D eigenvalue weighted by Crippen LogP contribution is -2.48. The van der Waals surface area contributed by atoms with Crippen LogP contribution in [0.5, 0.6) is 0 Å². The molecule has 0 spiro atoms. The lowest BCUT2D eigenvalue weighted by molar-refractivity contribution is -0.0586. The van der Waals surface area contributed by atoms with E-state index in [-0.39, 0.29) is 18.1 Å². The highest BCUT2D eigenvalue weighted by molar-refractivity contribution is 5.96. The number of carbonyl (C=O) groups is 1. The number of aryl methyl sites for hydroxylation is 2. The third-order valence-electron chi connectivity index (χ3n) is 4.21. The number of rotatable bonds is 2. The Balaban J connectivity index is 1.93. The average Bonchev–Trinajstić information content (AvgIpc) is 3.00. The summed E-state index contributed by atoms with van der Waals surface area (Å²) in [5, 5.41) is 4.06. The molecule has 124 valence electrons. The van der Waals surface area contributed by atoms with Crippen LogP contribution in [0.15, 0.2) is 16.7 Å². The first-order valence-corrected chi connectivity index (χ1v) is 7.94. The summed E-state index contributed by atoms with van der Waals surface area (Å²) in [6, 6.07) is 3.79. The Labute approximate surface area is 136 Å². The molecule has 2 aromatic rings. The molecule has 0 N–H and O–H groups in total. The van der Waals surface area contributed by atoms with Gasteiger partial charge in [0.25, 0.3) is 5.91 Å². The molecule has 2 aromatic heterocycles. The van der Waals surface area contributed by atoms with Crippen LogP contribution < -0.4 is 0 Å². The highest BCUT2D eigenvalue weighted by atomic mass is 16.5. The van der Waals surface area contributed by atoms with Gasteiger partial charge in [0.1, 0.15) is 5.76 Å². The van der Waals surface area contributed by atoms with E-state index >= 15 is 0 Å². The van der Waals surface area contributed by atoms with Crippen molar-refractivity contribution in [3.63, 3.8) is 0 Å². The molecule has 2 atom stereocenters. The Morgan fingerprint density at radius 3 is 2.39 bits per heavy atom. The third kappa shape index (κ3) is 2.91. The van der Waals surface area contributed by atoms with Crippen molar-refractivity contribution in [3.8, 4) is 5.82 Å². The number of hydrogen-bond acceptors (Lipinski definition) is 4. The van der Waals surface area contributed by atoms with Gasteiger partial charge in [-0.3, -0.25) is 9.36 Å². The minimum Gasteiger partial charge on any atom is -0.372 e. The van der Waals surface area contributed by atoms with Gasteiger partial charge < -0.3 is 14.2 Å². The van der Waals surface area contributed by atoms with Crippen LogP contribution in [-0.2, 0) is 4.74 Å². The fourth-order valence-corrected chi connectivity index (χ4v) is 3.30. The summed E-state index contributed by atoms with van der Waals surface area (Å²) in [5.41, 5.74) is 2.56. The van der Waals surface area contributed by atoms with Crippen LogP contribution in [-0.4, -0.2) is 45.8 Å². The summed E-state index contributed by atoms with van der Waals surface area (Å²) >= 11 is 0. The van der Waals surface area contributed by atoms with Crippen LogP contribution in [0.2, 0.25) is 0 Å². The van der Waals surface area contributed by atoms with E-state index in [9.17, 15) is 4.79 Å². The SMILES string of the molecule is Cc1cc(-n2c(C)cc(C(=O)N3CC(C)OC(C)C3)c2C)no1. The van der Waals surface area contributed by atoms with E-state index in [0.717, 1.165) is 17.1 Å². The van der Waals surface area contributed by atoms with E-state index in [1.807, 2.05) is 56.2 Å². The number of nitrogens with zero attached hydrogens (tertiary/aromatic N) is 3. The Kier molecular flexibility index (Phi) is 4.02. The Bertz CT molecular complexity index is 722. The number of ether oxygens (including phenoxy) is 1. The molecule has 3 rings (SSSR count). The maximum atomic E-state index is 12.9. The first-order valence-electron chi connectivity index (χ1n) is 7.94. The smallest absolute Gasteiger partial charge is 0.255 e. The van der Waals surface area contributed by atoms with E-state index in [0.29, 0.717) is 24.5 Å². The van der Waals surface area contributed by atoms with Gasteiger partial charge in [-0.2, -0.15) is 0 Å². The maximum Gasteiger partial charge on any atom is 0.255 e. The minimum absolute atomic E-state index is 0.0477. The molecule has 0 saturated carbocycles. The second-order valence-electron chi connectivity index (χ2n) is 6.38. The standard InChI is InChI=1S/C17H23N3O3/c1-10-6-15(14(5)20(10)16-7-11(2)23-18-16)17(21)19-8-12(3)22-13(4)9-19/h6-7,12-13H,8-9H2,1-5H3. The van der Waals surface area contributed by atoms with Gasteiger partial charge in [0.05, 0.1) is 17.8 Å². The van der Waals surface area contributed by atoms with Gasteiger partial charge >= 0.3 is 0 Å². The normalized spacial score (nSPS) is 21.7. The zero-order chi connectivity index (χ0) is 16.7.